The molecule has 0 saturated carbocycles. The molecule has 0 radical (unpaired) electrons. The van der Waals surface area contributed by atoms with Gasteiger partial charge in [-0.15, -0.1) is 0 Å². The Morgan fingerprint density at radius 2 is 1.20 bits per heavy atom. The highest BCUT2D eigenvalue weighted by Gasteiger charge is 2.32. The van der Waals surface area contributed by atoms with E-state index in [0.717, 1.165) is 0 Å². The lowest BCUT2D eigenvalue weighted by Crippen LogP contribution is -2.07. The third kappa shape index (κ3) is 4.06. The van der Waals surface area contributed by atoms with Gasteiger partial charge in [-0.3, -0.25) is 9.11 Å². The first-order chi connectivity index (χ1) is 16.4. The molecular weight excluding hydrogens is 488 g/mol. The molecule has 0 aromatic heterocycles. The summed E-state index contributed by atoms with van der Waals surface area (Å²) in [6, 6.07) is 19.1. The molecule has 0 spiro atoms. The van der Waals surface area contributed by atoms with Gasteiger partial charge in [0.25, 0.3) is 20.2 Å². The minimum atomic E-state index is -4.72. The number of nitrogens with two attached hydrogens (primary N) is 2. The second-order valence-corrected chi connectivity index (χ2v) is 11.1. The molecule has 6 N–H and O–H groups in total. The monoisotopic (exact) mass is 508 g/mol. The van der Waals surface area contributed by atoms with E-state index in [4.69, 9.17) is 11.5 Å². The summed E-state index contributed by atoms with van der Waals surface area (Å²) in [5.74, 6) is 0. The second-order valence-electron chi connectivity index (χ2n) is 8.34. The molecule has 0 amide bonds. The van der Waals surface area contributed by atoms with Gasteiger partial charge in [0.15, 0.2) is 0 Å². The van der Waals surface area contributed by atoms with Crippen LogP contribution in [0.5, 0.6) is 0 Å². The molecule has 0 fully saturated rings. The highest BCUT2D eigenvalue weighted by Crippen LogP contribution is 2.48. The van der Waals surface area contributed by atoms with Crippen molar-refractivity contribution in [1.29, 1.82) is 0 Å². The van der Waals surface area contributed by atoms with Crippen molar-refractivity contribution in [2.24, 2.45) is 0 Å². The van der Waals surface area contributed by atoms with Gasteiger partial charge in [0.1, 0.15) is 4.90 Å². The first-order valence-corrected chi connectivity index (χ1v) is 13.3. The fraction of sp³-hybridized carbons (Fsp3) is 0.0400. The Labute approximate surface area is 202 Å². The summed E-state index contributed by atoms with van der Waals surface area (Å²) in [4.78, 5) is -0.527. The van der Waals surface area contributed by atoms with E-state index in [1.807, 2.05) is 0 Å². The zero-order chi connectivity index (χ0) is 25.1. The van der Waals surface area contributed by atoms with E-state index in [1.54, 1.807) is 60.7 Å². The van der Waals surface area contributed by atoms with E-state index in [2.05, 4.69) is 0 Å². The quantitative estimate of drug-likeness (QED) is 0.207. The second kappa shape index (κ2) is 7.92. The third-order valence-corrected chi connectivity index (χ3v) is 7.89. The number of benzene rings is 4. The molecule has 8 nitrogen and oxygen atoms in total. The van der Waals surface area contributed by atoms with Crippen molar-refractivity contribution in [2.45, 2.75) is 16.2 Å². The Kier molecular flexibility index (Phi) is 5.22. The molecule has 5 rings (SSSR count). The van der Waals surface area contributed by atoms with Crippen molar-refractivity contribution in [1.82, 2.24) is 0 Å². The molecule has 0 saturated heterocycles. The Morgan fingerprint density at radius 3 is 1.74 bits per heavy atom. The lowest BCUT2D eigenvalue weighted by atomic mass is 9.90. The van der Waals surface area contributed by atoms with E-state index >= 15 is 0 Å². The van der Waals surface area contributed by atoms with E-state index in [9.17, 15) is 25.9 Å². The summed E-state index contributed by atoms with van der Waals surface area (Å²) in [6.45, 7) is 0. The predicted octanol–water partition coefficient (Wildman–Crippen LogP) is 4.25. The smallest absolute Gasteiger partial charge is 0.295 e. The standard InChI is InChI=1S/C25H20N2O6S2/c26-17-5-1-14(2-6-17)21-13-22-20-10-9-19(34(28,29)30)11-16(20)12-23(22)24(25(21)35(31,32)33)15-3-7-18(27)8-4-15/h1-11,13H,12,26-27H2,(H,28,29,30)(H,31,32,33). The number of hydrogen-bond donors (Lipinski definition) is 4. The Bertz CT molecular complexity index is 1710. The van der Waals surface area contributed by atoms with Crippen LogP contribution >= 0.6 is 0 Å². The molecule has 35 heavy (non-hydrogen) atoms. The fourth-order valence-corrected chi connectivity index (χ4v) is 6.04. The molecule has 4 aromatic rings. The summed E-state index contributed by atoms with van der Waals surface area (Å²) < 4.78 is 68.9. The largest absolute Gasteiger partial charge is 0.399 e. The highest BCUT2D eigenvalue weighted by molar-refractivity contribution is 7.86. The molecule has 0 aliphatic heterocycles. The van der Waals surface area contributed by atoms with Gasteiger partial charge in [-0.1, -0.05) is 30.3 Å². The minimum absolute atomic E-state index is 0.193. The van der Waals surface area contributed by atoms with Crippen LogP contribution in [0.2, 0.25) is 0 Å². The molecule has 1 aliphatic rings. The Morgan fingerprint density at radius 1 is 0.629 bits per heavy atom. The van der Waals surface area contributed by atoms with Crippen LogP contribution in [0, 0.1) is 0 Å². The maximum Gasteiger partial charge on any atom is 0.295 e. The normalized spacial score (nSPS) is 12.9. The molecule has 4 aromatic carbocycles. The maximum atomic E-state index is 12.8. The Balaban J connectivity index is 1.90. The van der Waals surface area contributed by atoms with Gasteiger partial charge in [0.05, 0.1) is 4.90 Å². The van der Waals surface area contributed by atoms with Gasteiger partial charge in [-0.05, 0) is 82.3 Å². The molecule has 0 unspecified atom stereocenters. The van der Waals surface area contributed by atoms with Gasteiger partial charge in [0.2, 0.25) is 0 Å². The zero-order valence-electron chi connectivity index (χ0n) is 18.1. The average Bonchev–Trinajstić information content (AvgIpc) is 3.15. The summed E-state index contributed by atoms with van der Waals surface area (Å²) >= 11 is 0. The van der Waals surface area contributed by atoms with Crippen molar-refractivity contribution in [3.8, 4) is 33.4 Å². The fourth-order valence-electron chi connectivity index (χ4n) is 4.56. The molecule has 0 atom stereocenters. The molecule has 0 heterocycles. The Hall–Kier alpha value is -3.70. The number of anilines is 2. The van der Waals surface area contributed by atoms with Gasteiger partial charge < -0.3 is 11.5 Å². The van der Waals surface area contributed by atoms with Crippen LogP contribution in [0.4, 0.5) is 11.4 Å². The number of nitrogen functional groups attached to an aromatic ring is 2. The van der Waals surface area contributed by atoms with Crippen LogP contribution in [0.15, 0.2) is 82.6 Å². The van der Waals surface area contributed by atoms with Crippen molar-refractivity contribution < 1.29 is 25.9 Å². The lowest BCUT2D eigenvalue weighted by Gasteiger charge is -2.19. The van der Waals surface area contributed by atoms with Crippen molar-refractivity contribution in [3.63, 3.8) is 0 Å². The van der Waals surface area contributed by atoms with Crippen LogP contribution in [0.25, 0.3) is 33.4 Å². The summed E-state index contributed by atoms with van der Waals surface area (Å²) in [7, 11) is -9.15. The van der Waals surface area contributed by atoms with E-state index in [1.165, 1.54) is 12.1 Å². The van der Waals surface area contributed by atoms with Crippen molar-refractivity contribution in [3.05, 3.63) is 83.9 Å². The number of rotatable bonds is 4. The van der Waals surface area contributed by atoms with Crippen LogP contribution in [0.1, 0.15) is 11.1 Å². The van der Waals surface area contributed by atoms with Crippen LogP contribution in [-0.2, 0) is 26.7 Å². The van der Waals surface area contributed by atoms with E-state index < -0.39 is 20.2 Å². The zero-order valence-corrected chi connectivity index (χ0v) is 19.8. The van der Waals surface area contributed by atoms with Gasteiger partial charge >= 0.3 is 0 Å². The molecule has 178 valence electrons. The predicted molar refractivity (Wildman–Crippen MR) is 134 cm³/mol. The lowest BCUT2D eigenvalue weighted by molar-refractivity contribution is 0.481. The molecule has 1 aliphatic carbocycles. The number of hydrogen-bond acceptors (Lipinski definition) is 6. The summed E-state index contributed by atoms with van der Waals surface area (Å²) in [6.07, 6.45) is 0.193. The first kappa shape index (κ1) is 23.1. The molecule has 10 heteroatoms. The molecular formula is C25H20N2O6S2. The first-order valence-electron chi connectivity index (χ1n) is 10.4. The van der Waals surface area contributed by atoms with Crippen LogP contribution in [0.3, 0.4) is 0 Å². The van der Waals surface area contributed by atoms with Crippen molar-refractivity contribution >= 4 is 31.6 Å². The minimum Gasteiger partial charge on any atom is -0.399 e. The summed E-state index contributed by atoms with van der Waals surface area (Å²) in [5, 5.41) is 0. The molecule has 0 bridgehead atoms. The summed E-state index contributed by atoms with van der Waals surface area (Å²) in [5.41, 5.74) is 16.8. The van der Waals surface area contributed by atoms with E-state index in [-0.39, 0.29) is 21.8 Å². The average molecular weight is 509 g/mol. The van der Waals surface area contributed by atoms with Gasteiger partial charge in [0, 0.05) is 22.5 Å². The number of fused-ring (bicyclic) bond motifs is 3. The highest BCUT2D eigenvalue weighted by atomic mass is 32.2. The SMILES string of the molecule is Nc1ccc(-c2cc3c(c(-c4ccc(N)cc4)c2S(=O)(=O)O)Cc2cc(S(=O)(=O)O)ccc2-3)cc1. The third-order valence-electron chi connectivity index (χ3n) is 6.10. The maximum absolute atomic E-state index is 12.8. The van der Waals surface area contributed by atoms with Gasteiger partial charge in [-0.2, -0.15) is 16.8 Å². The topological polar surface area (TPSA) is 161 Å². The van der Waals surface area contributed by atoms with Crippen LogP contribution in [-0.4, -0.2) is 25.9 Å². The van der Waals surface area contributed by atoms with Gasteiger partial charge in [-0.25, -0.2) is 0 Å². The van der Waals surface area contributed by atoms with Crippen LogP contribution < -0.4 is 11.5 Å². The van der Waals surface area contributed by atoms with Crippen molar-refractivity contribution in [2.75, 3.05) is 11.5 Å². The van der Waals surface area contributed by atoms with E-state index in [0.29, 0.717) is 50.3 Å².